The number of carboxylic acid groups (broad SMARTS) is 1. The molecule has 0 atom stereocenters. The van der Waals surface area contributed by atoms with E-state index in [9.17, 15) is 24.4 Å². The Morgan fingerprint density at radius 1 is 1.32 bits per heavy atom. The van der Waals surface area contributed by atoms with E-state index in [4.69, 9.17) is 4.74 Å². The van der Waals surface area contributed by atoms with Gasteiger partial charge in [0.2, 0.25) is 11.4 Å². The van der Waals surface area contributed by atoms with Crippen molar-refractivity contribution in [2.75, 3.05) is 0 Å². The van der Waals surface area contributed by atoms with Gasteiger partial charge < -0.3 is 9.84 Å². The Morgan fingerprint density at radius 3 is 2.76 bits per heavy atom. The number of halogens is 1. The number of nitrogens with zero attached hydrogens (tertiary/aromatic N) is 4. The fourth-order valence-electron chi connectivity index (χ4n) is 2.04. The third-order valence-corrected chi connectivity index (χ3v) is 3.13. The first-order valence-corrected chi connectivity index (χ1v) is 6.81. The molecule has 0 amide bonds. The van der Waals surface area contributed by atoms with E-state index in [1.54, 1.807) is 12.1 Å². The van der Waals surface area contributed by atoms with Crippen molar-refractivity contribution < 1.29 is 24.0 Å². The highest BCUT2D eigenvalue weighted by Crippen LogP contribution is 2.33. The van der Waals surface area contributed by atoms with Gasteiger partial charge in [0.15, 0.2) is 5.75 Å². The Bertz CT molecular complexity index is 958. The second-order valence-electron chi connectivity index (χ2n) is 4.77. The van der Waals surface area contributed by atoms with Crippen LogP contribution in [0.25, 0.3) is 5.69 Å². The van der Waals surface area contributed by atoms with Gasteiger partial charge in [-0.15, -0.1) is 0 Å². The number of nitro benzene ring substituents is 1. The van der Waals surface area contributed by atoms with Crippen LogP contribution in [-0.4, -0.2) is 30.8 Å². The molecule has 2 heterocycles. The van der Waals surface area contributed by atoms with E-state index < -0.39 is 28.1 Å². The lowest BCUT2D eigenvalue weighted by Crippen LogP contribution is -2.02. The Hall–Kier alpha value is -3.82. The Morgan fingerprint density at radius 2 is 2.12 bits per heavy atom. The van der Waals surface area contributed by atoms with Gasteiger partial charge in [0.25, 0.3) is 0 Å². The zero-order chi connectivity index (χ0) is 18.0. The molecule has 0 saturated carbocycles. The number of pyridine rings is 1. The van der Waals surface area contributed by atoms with Gasteiger partial charge in [-0.1, -0.05) is 0 Å². The van der Waals surface area contributed by atoms with Crippen molar-refractivity contribution in [3.05, 3.63) is 70.5 Å². The standard InChI is InChI=1S/C15H9FN4O5/c16-9-3-4-12(11(6-9)20(23)24)25-13-8-19(18-14(13)15(21)22)10-2-1-5-17-7-10/h1-8H,(H,21,22). The van der Waals surface area contributed by atoms with Crippen LogP contribution in [0.1, 0.15) is 10.5 Å². The highest BCUT2D eigenvalue weighted by Gasteiger charge is 2.23. The van der Waals surface area contributed by atoms with Gasteiger partial charge in [-0.25, -0.2) is 13.9 Å². The van der Waals surface area contributed by atoms with Crippen LogP contribution in [0.5, 0.6) is 11.5 Å². The molecular formula is C15H9FN4O5. The van der Waals surface area contributed by atoms with Crippen LogP contribution in [-0.2, 0) is 0 Å². The van der Waals surface area contributed by atoms with Crippen molar-refractivity contribution in [1.29, 1.82) is 0 Å². The fraction of sp³-hybridized carbons (Fsp3) is 0. The summed E-state index contributed by atoms with van der Waals surface area (Å²) >= 11 is 0. The molecule has 0 radical (unpaired) electrons. The maximum Gasteiger partial charge on any atom is 0.360 e. The van der Waals surface area contributed by atoms with E-state index >= 15 is 0 Å². The third kappa shape index (κ3) is 3.27. The zero-order valence-corrected chi connectivity index (χ0v) is 12.4. The Labute approximate surface area is 139 Å². The molecule has 10 heteroatoms. The van der Waals surface area contributed by atoms with E-state index in [1.807, 2.05) is 0 Å². The summed E-state index contributed by atoms with van der Waals surface area (Å²) < 4.78 is 19.7. The van der Waals surface area contributed by atoms with Gasteiger partial charge in [-0.3, -0.25) is 15.1 Å². The summed E-state index contributed by atoms with van der Waals surface area (Å²) in [5.41, 5.74) is -0.624. The highest BCUT2D eigenvalue weighted by atomic mass is 19.1. The molecule has 2 aromatic heterocycles. The lowest BCUT2D eigenvalue weighted by Gasteiger charge is -2.04. The Kier molecular flexibility index (Phi) is 4.08. The summed E-state index contributed by atoms with van der Waals surface area (Å²) in [6.07, 6.45) is 4.22. The van der Waals surface area contributed by atoms with Gasteiger partial charge in [-0.05, 0) is 24.3 Å². The number of aromatic carboxylic acids is 1. The average molecular weight is 344 g/mol. The zero-order valence-electron chi connectivity index (χ0n) is 12.4. The SMILES string of the molecule is O=C(O)c1nn(-c2cccnc2)cc1Oc1ccc(F)cc1[N+](=O)[O-]. The topological polar surface area (TPSA) is 120 Å². The number of hydrogen-bond donors (Lipinski definition) is 1. The molecule has 0 fully saturated rings. The summed E-state index contributed by atoms with van der Waals surface area (Å²) in [5.74, 6) is -2.74. The van der Waals surface area contributed by atoms with Gasteiger partial charge in [-0.2, -0.15) is 5.10 Å². The molecule has 9 nitrogen and oxygen atoms in total. The number of hydrogen-bond acceptors (Lipinski definition) is 6. The first kappa shape index (κ1) is 16.1. The van der Waals surface area contributed by atoms with Crippen molar-refractivity contribution in [2.24, 2.45) is 0 Å². The smallest absolute Gasteiger partial charge is 0.360 e. The van der Waals surface area contributed by atoms with Gasteiger partial charge in [0.1, 0.15) is 5.82 Å². The molecule has 0 aliphatic carbocycles. The van der Waals surface area contributed by atoms with Gasteiger partial charge in [0.05, 0.1) is 29.1 Å². The van der Waals surface area contributed by atoms with E-state index in [1.165, 1.54) is 23.3 Å². The number of carbonyl (C=O) groups is 1. The average Bonchev–Trinajstić information content (AvgIpc) is 3.01. The number of benzene rings is 1. The molecule has 0 spiro atoms. The number of ether oxygens (including phenoxy) is 1. The number of aromatic nitrogens is 3. The van der Waals surface area contributed by atoms with Crippen molar-refractivity contribution in [3.8, 4) is 17.2 Å². The van der Waals surface area contributed by atoms with Gasteiger partial charge in [0, 0.05) is 6.20 Å². The van der Waals surface area contributed by atoms with E-state index in [2.05, 4.69) is 10.1 Å². The highest BCUT2D eigenvalue weighted by molar-refractivity contribution is 5.88. The van der Waals surface area contributed by atoms with E-state index in [-0.39, 0.29) is 11.5 Å². The molecule has 0 aliphatic heterocycles. The molecule has 0 unspecified atom stereocenters. The molecule has 1 N–H and O–H groups in total. The molecule has 0 aliphatic rings. The quantitative estimate of drug-likeness (QED) is 0.558. The van der Waals surface area contributed by atoms with Crippen LogP contribution in [0.3, 0.4) is 0 Å². The lowest BCUT2D eigenvalue weighted by atomic mass is 10.3. The molecular weight excluding hydrogens is 335 g/mol. The van der Waals surface area contributed by atoms with Crippen molar-refractivity contribution in [3.63, 3.8) is 0 Å². The predicted octanol–water partition coefficient (Wildman–Crippen LogP) is 2.81. The molecule has 3 rings (SSSR count). The van der Waals surface area contributed by atoms with Crippen molar-refractivity contribution in [2.45, 2.75) is 0 Å². The number of rotatable bonds is 5. The molecule has 1 aromatic carbocycles. The summed E-state index contributed by atoms with van der Waals surface area (Å²) in [6.45, 7) is 0. The van der Waals surface area contributed by atoms with Crippen LogP contribution in [0.15, 0.2) is 48.9 Å². The van der Waals surface area contributed by atoms with Crippen LogP contribution in [0.4, 0.5) is 10.1 Å². The molecule has 0 bridgehead atoms. The van der Waals surface area contributed by atoms with Crippen LogP contribution in [0.2, 0.25) is 0 Å². The second kappa shape index (κ2) is 6.35. The van der Waals surface area contributed by atoms with E-state index in [0.29, 0.717) is 11.8 Å². The van der Waals surface area contributed by atoms with Crippen molar-refractivity contribution in [1.82, 2.24) is 14.8 Å². The van der Waals surface area contributed by atoms with Crippen LogP contribution < -0.4 is 4.74 Å². The maximum absolute atomic E-state index is 13.2. The largest absolute Gasteiger partial charge is 0.476 e. The van der Waals surface area contributed by atoms with Crippen molar-refractivity contribution >= 4 is 11.7 Å². The van der Waals surface area contributed by atoms with Gasteiger partial charge >= 0.3 is 11.7 Å². The molecule has 3 aromatic rings. The minimum atomic E-state index is -1.39. The first-order chi connectivity index (χ1) is 12.0. The monoisotopic (exact) mass is 344 g/mol. The first-order valence-electron chi connectivity index (χ1n) is 6.81. The van der Waals surface area contributed by atoms with Crippen LogP contribution >= 0.6 is 0 Å². The fourth-order valence-corrected chi connectivity index (χ4v) is 2.04. The molecule has 25 heavy (non-hydrogen) atoms. The predicted molar refractivity (Wildman–Crippen MR) is 81.4 cm³/mol. The maximum atomic E-state index is 13.2. The third-order valence-electron chi connectivity index (χ3n) is 3.13. The molecule has 126 valence electrons. The number of carboxylic acids is 1. The van der Waals surface area contributed by atoms with E-state index in [0.717, 1.165) is 12.1 Å². The Balaban J connectivity index is 2.05. The normalized spacial score (nSPS) is 10.4. The minimum absolute atomic E-state index is 0.230. The van der Waals surface area contributed by atoms with Crippen LogP contribution in [0, 0.1) is 15.9 Å². The summed E-state index contributed by atoms with van der Waals surface area (Å²) in [5, 5.41) is 24.2. The summed E-state index contributed by atoms with van der Waals surface area (Å²) in [7, 11) is 0. The molecule has 0 saturated heterocycles. The number of nitro groups is 1. The lowest BCUT2D eigenvalue weighted by molar-refractivity contribution is -0.385. The second-order valence-corrected chi connectivity index (χ2v) is 4.77. The minimum Gasteiger partial charge on any atom is -0.476 e. The summed E-state index contributed by atoms with van der Waals surface area (Å²) in [4.78, 5) is 25.5. The summed E-state index contributed by atoms with van der Waals surface area (Å²) in [6, 6.07) is 5.95.